The molecule has 1 aliphatic heterocycles. The first kappa shape index (κ1) is 19.7. The van der Waals surface area contributed by atoms with Crippen molar-refractivity contribution in [2.75, 3.05) is 13.2 Å². The number of nitrogens with one attached hydrogen (secondary N) is 1. The number of carbonyl (C=O) groups excluding carboxylic acids is 2. The lowest BCUT2D eigenvalue weighted by Crippen LogP contribution is -2.61. The molecule has 1 aromatic heterocycles. The van der Waals surface area contributed by atoms with Gasteiger partial charge >= 0.3 is 0 Å². The maximum Gasteiger partial charge on any atom is 0.275 e. The summed E-state index contributed by atoms with van der Waals surface area (Å²) in [6.45, 7) is 4.88. The number of hydrogen-bond acceptors (Lipinski definition) is 5. The van der Waals surface area contributed by atoms with E-state index in [0.717, 1.165) is 38.5 Å². The summed E-state index contributed by atoms with van der Waals surface area (Å²) < 4.78 is 5.76. The highest BCUT2D eigenvalue weighted by Crippen LogP contribution is 2.27. The number of rotatable bonds is 7. The van der Waals surface area contributed by atoms with Crippen LogP contribution in [0.3, 0.4) is 0 Å². The maximum absolute atomic E-state index is 13.3. The summed E-state index contributed by atoms with van der Waals surface area (Å²) in [6.07, 6.45) is 11.1. The van der Waals surface area contributed by atoms with Crippen LogP contribution in [0.2, 0.25) is 0 Å². The molecule has 1 saturated heterocycles. The second-order valence-corrected chi connectivity index (χ2v) is 7.72. The summed E-state index contributed by atoms with van der Waals surface area (Å²) in [5, 5.41) is 3.17. The summed E-state index contributed by atoms with van der Waals surface area (Å²) in [6, 6.07) is 0.208. The van der Waals surface area contributed by atoms with E-state index in [9.17, 15) is 9.59 Å². The molecule has 0 aromatic carbocycles. The predicted octanol–water partition coefficient (Wildman–Crippen LogP) is 2.33. The number of amides is 2. The molecule has 7 heteroatoms. The van der Waals surface area contributed by atoms with Gasteiger partial charge in [0.2, 0.25) is 5.91 Å². The van der Waals surface area contributed by atoms with E-state index < -0.39 is 5.54 Å². The third-order valence-corrected chi connectivity index (χ3v) is 5.90. The van der Waals surface area contributed by atoms with Gasteiger partial charge in [-0.15, -0.1) is 0 Å². The van der Waals surface area contributed by atoms with Crippen LogP contribution in [0.4, 0.5) is 0 Å². The number of hydrogen-bond donors (Lipinski definition) is 1. The zero-order valence-electron chi connectivity index (χ0n) is 16.3. The molecule has 2 fully saturated rings. The largest absolute Gasteiger partial charge is 0.376 e. The molecule has 0 spiro atoms. The van der Waals surface area contributed by atoms with Crippen LogP contribution in [0.5, 0.6) is 0 Å². The molecule has 2 heterocycles. The Balaban J connectivity index is 1.85. The molecule has 0 radical (unpaired) electrons. The van der Waals surface area contributed by atoms with Gasteiger partial charge in [-0.05, 0) is 39.0 Å². The van der Waals surface area contributed by atoms with E-state index in [1.54, 1.807) is 4.90 Å². The molecule has 7 nitrogen and oxygen atoms in total. The molecular weight excluding hydrogens is 344 g/mol. The molecule has 148 valence electrons. The Kier molecular flexibility index (Phi) is 6.42. The highest BCUT2D eigenvalue weighted by molar-refractivity contribution is 5.97. The van der Waals surface area contributed by atoms with Crippen LogP contribution in [0.1, 0.15) is 69.3 Å². The average molecular weight is 374 g/mol. The minimum Gasteiger partial charge on any atom is -0.376 e. The fraction of sp³-hybridized carbons (Fsp3) is 0.700. The smallest absolute Gasteiger partial charge is 0.275 e. The lowest BCUT2D eigenvalue weighted by Gasteiger charge is -2.41. The first-order valence-electron chi connectivity index (χ1n) is 10.0. The standard InChI is InChI=1S/C20H30N4O3/c1-3-20(2,19(26)23-15-7-4-5-8-15)24(14-16-9-6-12-27-16)18(25)17-13-21-10-11-22-17/h10-11,13,15-16H,3-9,12,14H2,1-2H3,(H,23,26)/t16-,20-/m1/s1. The topological polar surface area (TPSA) is 84.4 Å². The highest BCUT2D eigenvalue weighted by atomic mass is 16.5. The Morgan fingerprint density at radius 3 is 2.63 bits per heavy atom. The van der Waals surface area contributed by atoms with Gasteiger partial charge < -0.3 is 15.0 Å². The fourth-order valence-corrected chi connectivity index (χ4v) is 3.93. The summed E-state index contributed by atoms with van der Waals surface area (Å²) in [4.78, 5) is 36.3. The first-order valence-corrected chi connectivity index (χ1v) is 10.0. The number of nitrogens with zero attached hydrogens (tertiary/aromatic N) is 3. The van der Waals surface area contributed by atoms with E-state index in [1.165, 1.54) is 18.6 Å². The molecule has 1 aromatic rings. The monoisotopic (exact) mass is 374 g/mol. The molecule has 2 atom stereocenters. The van der Waals surface area contributed by atoms with E-state index in [0.29, 0.717) is 19.6 Å². The van der Waals surface area contributed by atoms with Gasteiger partial charge in [-0.25, -0.2) is 4.98 Å². The Morgan fingerprint density at radius 2 is 2.04 bits per heavy atom. The number of aromatic nitrogens is 2. The third kappa shape index (κ3) is 4.46. The van der Waals surface area contributed by atoms with E-state index in [-0.39, 0.29) is 29.7 Å². The van der Waals surface area contributed by atoms with Crippen molar-refractivity contribution in [1.29, 1.82) is 0 Å². The third-order valence-electron chi connectivity index (χ3n) is 5.90. The second-order valence-electron chi connectivity index (χ2n) is 7.72. The molecule has 1 N–H and O–H groups in total. The van der Waals surface area contributed by atoms with Gasteiger partial charge in [0.1, 0.15) is 11.2 Å². The van der Waals surface area contributed by atoms with Crippen LogP contribution < -0.4 is 5.32 Å². The molecule has 2 amide bonds. The van der Waals surface area contributed by atoms with Crippen molar-refractivity contribution in [2.45, 2.75) is 76.5 Å². The van der Waals surface area contributed by atoms with Gasteiger partial charge in [0, 0.05) is 31.6 Å². The van der Waals surface area contributed by atoms with Gasteiger partial charge in [-0.1, -0.05) is 19.8 Å². The molecule has 27 heavy (non-hydrogen) atoms. The zero-order valence-corrected chi connectivity index (χ0v) is 16.3. The van der Waals surface area contributed by atoms with Crippen molar-refractivity contribution in [1.82, 2.24) is 20.2 Å². The number of ether oxygens (including phenoxy) is 1. The van der Waals surface area contributed by atoms with E-state index in [1.807, 2.05) is 13.8 Å². The van der Waals surface area contributed by atoms with Gasteiger partial charge in [0.25, 0.3) is 5.91 Å². The molecule has 1 aliphatic carbocycles. The summed E-state index contributed by atoms with van der Waals surface area (Å²) in [5.41, 5.74) is -0.702. The minimum atomic E-state index is -0.955. The Morgan fingerprint density at radius 1 is 1.26 bits per heavy atom. The maximum atomic E-state index is 13.3. The minimum absolute atomic E-state index is 0.0456. The first-order chi connectivity index (χ1) is 13.0. The van der Waals surface area contributed by atoms with Crippen molar-refractivity contribution in [2.24, 2.45) is 0 Å². The molecule has 1 saturated carbocycles. The van der Waals surface area contributed by atoms with Crippen molar-refractivity contribution in [3.8, 4) is 0 Å². The van der Waals surface area contributed by atoms with Crippen molar-refractivity contribution in [3.63, 3.8) is 0 Å². The Bertz CT molecular complexity index is 642. The van der Waals surface area contributed by atoms with Crippen molar-refractivity contribution < 1.29 is 14.3 Å². The zero-order chi connectivity index (χ0) is 19.3. The average Bonchev–Trinajstić information content (AvgIpc) is 3.39. The normalized spacial score (nSPS) is 22.4. The molecule has 2 aliphatic rings. The van der Waals surface area contributed by atoms with E-state index in [2.05, 4.69) is 15.3 Å². The van der Waals surface area contributed by atoms with Crippen LogP contribution in [0, 0.1) is 0 Å². The van der Waals surface area contributed by atoms with Crippen LogP contribution in [-0.4, -0.2) is 57.5 Å². The predicted molar refractivity (Wildman–Crippen MR) is 101 cm³/mol. The fourth-order valence-electron chi connectivity index (χ4n) is 3.93. The van der Waals surface area contributed by atoms with E-state index in [4.69, 9.17) is 4.74 Å². The van der Waals surface area contributed by atoms with Crippen molar-refractivity contribution >= 4 is 11.8 Å². The molecule has 0 unspecified atom stereocenters. The highest BCUT2D eigenvalue weighted by Gasteiger charge is 2.43. The SMILES string of the molecule is CC[C@](C)(C(=O)NC1CCCC1)N(C[C@H]1CCCO1)C(=O)c1cnccn1. The summed E-state index contributed by atoms with van der Waals surface area (Å²) >= 11 is 0. The quantitative estimate of drug-likeness (QED) is 0.792. The molecule has 3 rings (SSSR count). The van der Waals surface area contributed by atoms with Crippen LogP contribution in [-0.2, 0) is 9.53 Å². The van der Waals surface area contributed by atoms with Crippen LogP contribution in [0.15, 0.2) is 18.6 Å². The second kappa shape index (κ2) is 8.78. The summed E-state index contributed by atoms with van der Waals surface area (Å²) in [7, 11) is 0. The Labute approximate surface area is 160 Å². The van der Waals surface area contributed by atoms with Gasteiger partial charge in [-0.2, -0.15) is 0 Å². The number of carbonyl (C=O) groups is 2. The summed E-state index contributed by atoms with van der Waals surface area (Å²) in [5.74, 6) is -0.364. The molecule has 0 bridgehead atoms. The van der Waals surface area contributed by atoms with Crippen LogP contribution >= 0.6 is 0 Å². The Hall–Kier alpha value is -2.02. The van der Waals surface area contributed by atoms with Crippen LogP contribution in [0.25, 0.3) is 0 Å². The van der Waals surface area contributed by atoms with Gasteiger partial charge in [0.15, 0.2) is 0 Å². The van der Waals surface area contributed by atoms with Crippen molar-refractivity contribution in [3.05, 3.63) is 24.3 Å². The van der Waals surface area contributed by atoms with Gasteiger partial charge in [-0.3, -0.25) is 14.6 Å². The lowest BCUT2D eigenvalue weighted by atomic mass is 9.93. The molecular formula is C20H30N4O3. The lowest BCUT2D eigenvalue weighted by molar-refractivity contribution is -0.133. The van der Waals surface area contributed by atoms with Gasteiger partial charge in [0.05, 0.1) is 12.3 Å². The van der Waals surface area contributed by atoms with E-state index >= 15 is 0 Å².